The van der Waals surface area contributed by atoms with Crippen molar-refractivity contribution in [1.29, 1.82) is 0 Å². The molecule has 1 aromatic carbocycles. The van der Waals surface area contributed by atoms with Crippen LogP contribution in [0.4, 0.5) is 0 Å². The van der Waals surface area contributed by atoms with E-state index in [2.05, 4.69) is 0 Å². The summed E-state index contributed by atoms with van der Waals surface area (Å²) >= 11 is 0. The Hall–Kier alpha value is -0.770. The fourth-order valence-electron chi connectivity index (χ4n) is 2.38. The van der Waals surface area contributed by atoms with Crippen molar-refractivity contribution in [1.82, 2.24) is 0 Å². The van der Waals surface area contributed by atoms with Gasteiger partial charge in [0.2, 0.25) is 0 Å². The molecule has 1 saturated carbocycles. The number of hydrogen-bond donors (Lipinski definition) is 3. The van der Waals surface area contributed by atoms with E-state index >= 15 is 0 Å². The third kappa shape index (κ3) is 2.92. The lowest BCUT2D eigenvalue weighted by atomic mass is 9.91. The standard InChI is InChI=1S/C13H19NO2.ClH/c1-7-5-10(15)6-8(2)11(7)12(14)13(16)9-3-4-9;/h5-6,9,12-13,15-16H,3-4,14H2,1-2H3;1H/t12-,13+;/m0./s1. The topological polar surface area (TPSA) is 66.5 Å². The van der Waals surface area contributed by atoms with E-state index in [0.29, 0.717) is 5.92 Å². The number of aliphatic hydroxyl groups excluding tert-OH is 1. The molecule has 1 aliphatic carbocycles. The Balaban J connectivity index is 0.00000144. The van der Waals surface area contributed by atoms with Crippen molar-refractivity contribution in [3.63, 3.8) is 0 Å². The number of benzene rings is 1. The summed E-state index contributed by atoms with van der Waals surface area (Å²) in [6, 6.07) is 3.05. The van der Waals surface area contributed by atoms with Gasteiger partial charge in [-0.1, -0.05) is 0 Å². The molecule has 0 aromatic heterocycles. The molecule has 0 unspecified atom stereocenters. The van der Waals surface area contributed by atoms with Crippen molar-refractivity contribution in [3.05, 3.63) is 28.8 Å². The van der Waals surface area contributed by atoms with E-state index in [4.69, 9.17) is 5.73 Å². The Bertz CT molecular complexity index is 381. The molecule has 0 spiro atoms. The molecule has 0 heterocycles. The molecule has 4 heteroatoms. The fourth-order valence-corrected chi connectivity index (χ4v) is 2.38. The van der Waals surface area contributed by atoms with Crippen LogP contribution in [-0.2, 0) is 0 Å². The Morgan fingerprint density at radius 2 is 1.71 bits per heavy atom. The van der Waals surface area contributed by atoms with Gasteiger partial charge in [-0.2, -0.15) is 0 Å². The smallest absolute Gasteiger partial charge is 0.116 e. The summed E-state index contributed by atoms with van der Waals surface area (Å²) in [6.45, 7) is 3.84. The van der Waals surface area contributed by atoms with Gasteiger partial charge in [0, 0.05) is 0 Å². The van der Waals surface area contributed by atoms with Crippen LogP contribution < -0.4 is 5.73 Å². The molecule has 1 aromatic rings. The van der Waals surface area contributed by atoms with Crippen molar-refractivity contribution < 1.29 is 10.2 Å². The zero-order chi connectivity index (χ0) is 11.9. The average Bonchev–Trinajstić information content (AvgIpc) is 2.97. The number of halogens is 1. The second-order valence-electron chi connectivity index (χ2n) is 4.85. The number of rotatable bonds is 3. The van der Waals surface area contributed by atoms with Crippen LogP contribution in [0.5, 0.6) is 5.75 Å². The highest BCUT2D eigenvalue weighted by Crippen LogP contribution is 2.38. The van der Waals surface area contributed by atoms with Crippen LogP contribution in [0.1, 0.15) is 35.6 Å². The van der Waals surface area contributed by atoms with Gasteiger partial charge in [-0.25, -0.2) is 0 Å². The lowest BCUT2D eigenvalue weighted by molar-refractivity contribution is 0.122. The Morgan fingerprint density at radius 3 is 2.12 bits per heavy atom. The molecule has 2 atom stereocenters. The second kappa shape index (κ2) is 5.25. The first-order valence-corrected chi connectivity index (χ1v) is 5.74. The molecule has 0 amide bonds. The third-order valence-electron chi connectivity index (χ3n) is 3.38. The van der Waals surface area contributed by atoms with Crippen molar-refractivity contribution in [2.45, 2.75) is 38.8 Å². The van der Waals surface area contributed by atoms with Crippen LogP contribution in [0, 0.1) is 19.8 Å². The molecule has 17 heavy (non-hydrogen) atoms. The average molecular weight is 258 g/mol. The maximum Gasteiger partial charge on any atom is 0.116 e. The molecule has 1 fully saturated rings. The predicted octanol–water partition coefficient (Wildman–Crippen LogP) is 2.20. The minimum Gasteiger partial charge on any atom is -0.508 e. The van der Waals surface area contributed by atoms with Crippen LogP contribution >= 0.6 is 12.4 Å². The maximum absolute atomic E-state index is 10.0. The van der Waals surface area contributed by atoms with Gasteiger partial charge in [0.1, 0.15) is 5.75 Å². The van der Waals surface area contributed by atoms with Crippen molar-refractivity contribution in [3.8, 4) is 5.75 Å². The lowest BCUT2D eigenvalue weighted by Crippen LogP contribution is -2.29. The van der Waals surface area contributed by atoms with E-state index in [1.807, 2.05) is 13.8 Å². The lowest BCUT2D eigenvalue weighted by Gasteiger charge is -2.22. The number of aryl methyl sites for hydroxylation is 2. The molecular weight excluding hydrogens is 238 g/mol. The monoisotopic (exact) mass is 257 g/mol. The summed E-state index contributed by atoms with van der Waals surface area (Å²) in [5.41, 5.74) is 8.97. The highest BCUT2D eigenvalue weighted by atomic mass is 35.5. The summed E-state index contributed by atoms with van der Waals surface area (Å²) in [5.74, 6) is 0.620. The summed E-state index contributed by atoms with van der Waals surface area (Å²) in [5, 5.41) is 19.5. The molecule has 1 aliphatic rings. The molecule has 3 nitrogen and oxygen atoms in total. The molecule has 2 rings (SSSR count). The van der Waals surface area contributed by atoms with Gasteiger partial charge >= 0.3 is 0 Å². The van der Waals surface area contributed by atoms with Crippen molar-refractivity contribution >= 4 is 12.4 Å². The van der Waals surface area contributed by atoms with Gasteiger partial charge in [-0.05, 0) is 61.4 Å². The van der Waals surface area contributed by atoms with Crippen LogP contribution in [0.25, 0.3) is 0 Å². The number of hydrogen-bond acceptors (Lipinski definition) is 3. The number of phenols is 1. The highest BCUT2D eigenvalue weighted by Gasteiger charge is 2.35. The van der Waals surface area contributed by atoms with Gasteiger partial charge in [0.05, 0.1) is 12.1 Å². The van der Waals surface area contributed by atoms with Gasteiger partial charge < -0.3 is 15.9 Å². The molecule has 96 valence electrons. The first-order valence-electron chi connectivity index (χ1n) is 5.74. The SMILES string of the molecule is Cc1cc(O)cc(C)c1[C@H](N)[C@H](O)C1CC1.Cl. The third-order valence-corrected chi connectivity index (χ3v) is 3.38. The van der Waals surface area contributed by atoms with Crippen molar-refractivity contribution in [2.75, 3.05) is 0 Å². The second-order valence-corrected chi connectivity index (χ2v) is 4.85. The number of phenolic OH excluding ortho intramolecular Hbond substituents is 1. The predicted molar refractivity (Wildman–Crippen MR) is 70.5 cm³/mol. The van der Waals surface area contributed by atoms with E-state index in [1.165, 1.54) is 0 Å². The molecule has 0 bridgehead atoms. The highest BCUT2D eigenvalue weighted by molar-refractivity contribution is 5.85. The summed E-state index contributed by atoms with van der Waals surface area (Å²) in [4.78, 5) is 0. The van der Waals surface area contributed by atoms with Crippen LogP contribution in [0.2, 0.25) is 0 Å². The normalized spacial score (nSPS) is 18.4. The first kappa shape index (κ1) is 14.3. The van der Waals surface area contributed by atoms with E-state index in [-0.39, 0.29) is 24.2 Å². The molecule has 0 radical (unpaired) electrons. The van der Waals surface area contributed by atoms with Crippen LogP contribution in [-0.4, -0.2) is 16.3 Å². The van der Waals surface area contributed by atoms with Gasteiger partial charge in [0.15, 0.2) is 0 Å². The number of nitrogens with two attached hydrogens (primary N) is 1. The molecule has 0 aliphatic heterocycles. The van der Waals surface area contributed by atoms with Crippen LogP contribution in [0.3, 0.4) is 0 Å². The zero-order valence-corrected chi connectivity index (χ0v) is 11.0. The molecular formula is C13H20ClNO2. The number of aliphatic hydroxyl groups is 1. The zero-order valence-electron chi connectivity index (χ0n) is 10.2. The summed E-state index contributed by atoms with van der Waals surface area (Å²) in [7, 11) is 0. The Morgan fingerprint density at radius 1 is 1.24 bits per heavy atom. The largest absolute Gasteiger partial charge is 0.508 e. The van der Waals surface area contributed by atoms with E-state index in [0.717, 1.165) is 29.5 Å². The minimum absolute atomic E-state index is 0. The Labute approximate surface area is 108 Å². The maximum atomic E-state index is 10.0. The van der Waals surface area contributed by atoms with Gasteiger partial charge in [-0.3, -0.25) is 0 Å². The first-order chi connectivity index (χ1) is 7.50. The minimum atomic E-state index is -0.457. The summed E-state index contributed by atoms with van der Waals surface area (Å²) in [6.07, 6.45) is 1.69. The van der Waals surface area contributed by atoms with Gasteiger partial charge in [0.25, 0.3) is 0 Å². The number of aromatic hydroxyl groups is 1. The van der Waals surface area contributed by atoms with Crippen molar-refractivity contribution in [2.24, 2.45) is 11.7 Å². The van der Waals surface area contributed by atoms with E-state index < -0.39 is 6.10 Å². The van der Waals surface area contributed by atoms with Crippen LogP contribution in [0.15, 0.2) is 12.1 Å². The van der Waals surface area contributed by atoms with E-state index in [1.54, 1.807) is 12.1 Å². The van der Waals surface area contributed by atoms with Gasteiger partial charge in [-0.15, -0.1) is 12.4 Å². The Kier molecular flexibility index (Phi) is 4.42. The fraction of sp³-hybridized carbons (Fsp3) is 0.538. The quantitative estimate of drug-likeness (QED) is 0.778. The van der Waals surface area contributed by atoms with E-state index in [9.17, 15) is 10.2 Å². The summed E-state index contributed by atoms with van der Waals surface area (Å²) < 4.78 is 0. The molecule has 0 saturated heterocycles. The molecule has 4 N–H and O–H groups in total.